The number of nitrogens with zero attached hydrogens (tertiary/aromatic N) is 1. The van der Waals surface area contributed by atoms with Gasteiger partial charge in [0.25, 0.3) is 0 Å². The van der Waals surface area contributed by atoms with Gasteiger partial charge >= 0.3 is 5.97 Å². The van der Waals surface area contributed by atoms with Crippen molar-refractivity contribution in [2.75, 3.05) is 20.7 Å². The van der Waals surface area contributed by atoms with Crippen LogP contribution >= 0.6 is 0 Å². The second-order valence-corrected chi connectivity index (χ2v) is 6.08. The molecule has 2 aromatic carbocycles. The average Bonchev–Trinajstić information content (AvgIpc) is 2.60. The van der Waals surface area contributed by atoms with Crippen molar-refractivity contribution in [2.45, 2.75) is 18.9 Å². The van der Waals surface area contributed by atoms with E-state index in [0.717, 1.165) is 17.7 Å². The Morgan fingerprint density at radius 2 is 1.64 bits per heavy atom. The van der Waals surface area contributed by atoms with Crippen LogP contribution in [0.15, 0.2) is 42.5 Å². The van der Waals surface area contributed by atoms with Gasteiger partial charge in [0.05, 0.1) is 11.1 Å². The lowest BCUT2D eigenvalue weighted by Crippen LogP contribution is -2.45. The normalized spacial score (nSPS) is 13.4. The van der Waals surface area contributed by atoms with Crippen molar-refractivity contribution in [1.82, 2.24) is 4.90 Å². The molecule has 3 N–H and O–H groups in total. The molecule has 0 heterocycles. The third-order valence-corrected chi connectivity index (χ3v) is 4.50. The molecular formula is C19H23NO5. The molecule has 0 spiro atoms. The van der Waals surface area contributed by atoms with Gasteiger partial charge in [0.15, 0.2) is 17.2 Å². The van der Waals surface area contributed by atoms with Crippen molar-refractivity contribution in [3.63, 3.8) is 0 Å². The summed E-state index contributed by atoms with van der Waals surface area (Å²) in [5.41, 5.74) is 0.481. The van der Waals surface area contributed by atoms with E-state index in [0.29, 0.717) is 6.42 Å². The highest BCUT2D eigenvalue weighted by atomic mass is 16.5. The third-order valence-electron chi connectivity index (χ3n) is 4.50. The fraction of sp³-hybridized carbons (Fsp3) is 0.316. The topological polar surface area (TPSA) is 90.2 Å². The SMILES string of the molecule is CCC(COC(=O)c1cc(O)c(O)c(O)c1)(c1ccccc1)N(C)C. The van der Waals surface area contributed by atoms with Crippen molar-refractivity contribution < 1.29 is 24.9 Å². The zero-order chi connectivity index (χ0) is 18.6. The lowest BCUT2D eigenvalue weighted by atomic mass is 9.87. The number of phenolic OH excluding ortho intramolecular Hbond substituents is 3. The molecule has 1 unspecified atom stereocenters. The maximum absolute atomic E-state index is 12.3. The van der Waals surface area contributed by atoms with Crippen LogP contribution in [0, 0.1) is 0 Å². The lowest BCUT2D eigenvalue weighted by Gasteiger charge is -2.39. The van der Waals surface area contributed by atoms with Crippen LogP contribution in [0.25, 0.3) is 0 Å². The van der Waals surface area contributed by atoms with E-state index in [1.165, 1.54) is 0 Å². The maximum Gasteiger partial charge on any atom is 0.338 e. The van der Waals surface area contributed by atoms with Crippen LogP contribution in [0.3, 0.4) is 0 Å². The monoisotopic (exact) mass is 345 g/mol. The highest BCUT2D eigenvalue weighted by Gasteiger charge is 2.34. The molecule has 0 aliphatic heterocycles. The van der Waals surface area contributed by atoms with E-state index >= 15 is 0 Å². The summed E-state index contributed by atoms with van der Waals surface area (Å²) < 4.78 is 5.47. The quantitative estimate of drug-likeness (QED) is 0.551. The molecular weight excluding hydrogens is 322 g/mol. The number of carbonyl (C=O) groups is 1. The molecule has 2 aromatic rings. The van der Waals surface area contributed by atoms with E-state index in [1.54, 1.807) is 0 Å². The molecule has 25 heavy (non-hydrogen) atoms. The average molecular weight is 345 g/mol. The first kappa shape index (κ1) is 18.6. The lowest BCUT2D eigenvalue weighted by molar-refractivity contribution is 0.0119. The van der Waals surface area contributed by atoms with E-state index in [-0.39, 0.29) is 12.2 Å². The highest BCUT2D eigenvalue weighted by molar-refractivity contribution is 5.91. The predicted octanol–water partition coefficient (Wildman–Crippen LogP) is 2.83. The van der Waals surface area contributed by atoms with Gasteiger partial charge < -0.3 is 20.1 Å². The fourth-order valence-electron chi connectivity index (χ4n) is 2.83. The van der Waals surface area contributed by atoms with Crippen LogP contribution in [-0.4, -0.2) is 46.9 Å². The van der Waals surface area contributed by atoms with Crippen LogP contribution in [0.5, 0.6) is 17.2 Å². The van der Waals surface area contributed by atoms with Gasteiger partial charge in [-0.2, -0.15) is 0 Å². The number of likely N-dealkylation sites (N-methyl/N-ethyl adjacent to an activating group) is 1. The summed E-state index contributed by atoms with van der Waals surface area (Å²) in [5.74, 6) is -2.52. The minimum atomic E-state index is -0.693. The molecule has 0 aliphatic carbocycles. The van der Waals surface area contributed by atoms with Crippen molar-refractivity contribution in [1.29, 1.82) is 0 Å². The van der Waals surface area contributed by atoms with Crippen molar-refractivity contribution in [3.05, 3.63) is 53.6 Å². The second kappa shape index (κ2) is 7.44. The summed E-state index contributed by atoms with van der Waals surface area (Å²) in [7, 11) is 3.84. The number of ether oxygens (including phenoxy) is 1. The van der Waals surface area contributed by atoms with E-state index in [9.17, 15) is 20.1 Å². The molecule has 0 saturated heterocycles. The summed E-state index contributed by atoms with van der Waals surface area (Å²) in [5, 5.41) is 28.5. The Morgan fingerprint density at radius 3 is 2.12 bits per heavy atom. The van der Waals surface area contributed by atoms with Gasteiger partial charge in [-0.15, -0.1) is 0 Å². The van der Waals surface area contributed by atoms with Crippen LogP contribution < -0.4 is 0 Å². The number of hydrogen-bond acceptors (Lipinski definition) is 6. The Morgan fingerprint density at radius 1 is 1.08 bits per heavy atom. The molecule has 0 aliphatic rings. The molecule has 6 heteroatoms. The van der Waals surface area contributed by atoms with Gasteiger partial charge in [-0.3, -0.25) is 4.90 Å². The molecule has 0 saturated carbocycles. The van der Waals surface area contributed by atoms with E-state index in [1.807, 2.05) is 56.3 Å². The largest absolute Gasteiger partial charge is 0.504 e. The number of rotatable bonds is 6. The third kappa shape index (κ3) is 3.69. The molecule has 0 radical (unpaired) electrons. The number of carbonyl (C=O) groups excluding carboxylic acids is 1. The second-order valence-electron chi connectivity index (χ2n) is 6.08. The Bertz CT molecular complexity index is 722. The number of aromatic hydroxyl groups is 3. The van der Waals surface area contributed by atoms with Crippen LogP contribution in [0.2, 0.25) is 0 Å². The minimum absolute atomic E-state index is 0.0374. The van der Waals surface area contributed by atoms with Crippen LogP contribution in [-0.2, 0) is 10.3 Å². The summed E-state index contributed by atoms with van der Waals surface area (Å²) >= 11 is 0. The van der Waals surface area contributed by atoms with Crippen LogP contribution in [0.4, 0.5) is 0 Å². The van der Waals surface area contributed by atoms with Gasteiger partial charge in [-0.05, 0) is 38.2 Å². The molecule has 0 bridgehead atoms. The standard InChI is InChI=1S/C19H23NO5/c1-4-19(20(2)3,14-8-6-5-7-9-14)12-25-18(24)13-10-15(21)17(23)16(22)11-13/h5-11,21-23H,4,12H2,1-3H3. The number of esters is 1. The van der Waals surface area contributed by atoms with Gasteiger partial charge in [-0.1, -0.05) is 37.3 Å². The van der Waals surface area contributed by atoms with Gasteiger partial charge in [-0.25, -0.2) is 4.79 Å². The predicted molar refractivity (Wildman–Crippen MR) is 93.8 cm³/mol. The van der Waals surface area contributed by atoms with Gasteiger partial charge in [0.2, 0.25) is 0 Å². The highest BCUT2D eigenvalue weighted by Crippen LogP contribution is 2.36. The van der Waals surface area contributed by atoms with Gasteiger partial charge in [0.1, 0.15) is 6.61 Å². The van der Waals surface area contributed by atoms with Crippen molar-refractivity contribution in [2.24, 2.45) is 0 Å². The fourth-order valence-corrected chi connectivity index (χ4v) is 2.83. The zero-order valence-corrected chi connectivity index (χ0v) is 14.6. The van der Waals surface area contributed by atoms with Crippen molar-refractivity contribution in [3.8, 4) is 17.2 Å². The van der Waals surface area contributed by atoms with E-state index in [4.69, 9.17) is 4.74 Å². The van der Waals surface area contributed by atoms with E-state index < -0.39 is 28.8 Å². The molecule has 1 atom stereocenters. The molecule has 6 nitrogen and oxygen atoms in total. The van der Waals surface area contributed by atoms with Crippen molar-refractivity contribution >= 4 is 5.97 Å². The number of phenols is 3. The molecule has 134 valence electrons. The molecule has 0 amide bonds. The summed E-state index contributed by atoms with van der Waals surface area (Å²) in [4.78, 5) is 14.3. The number of benzene rings is 2. The first-order chi connectivity index (χ1) is 11.8. The first-order valence-electron chi connectivity index (χ1n) is 7.97. The minimum Gasteiger partial charge on any atom is -0.504 e. The summed E-state index contributed by atoms with van der Waals surface area (Å²) in [6.45, 7) is 2.11. The summed E-state index contributed by atoms with van der Waals surface area (Å²) in [6.07, 6.45) is 0.712. The Kier molecular flexibility index (Phi) is 5.54. The number of hydrogen-bond donors (Lipinski definition) is 3. The van der Waals surface area contributed by atoms with Crippen LogP contribution in [0.1, 0.15) is 29.3 Å². The smallest absolute Gasteiger partial charge is 0.338 e. The Labute approximate surface area is 146 Å². The Balaban J connectivity index is 2.25. The first-order valence-corrected chi connectivity index (χ1v) is 7.97. The molecule has 0 fully saturated rings. The summed E-state index contributed by atoms with van der Waals surface area (Å²) in [6, 6.07) is 11.9. The van der Waals surface area contributed by atoms with Gasteiger partial charge in [0, 0.05) is 0 Å². The zero-order valence-electron chi connectivity index (χ0n) is 14.6. The molecule has 0 aromatic heterocycles. The maximum atomic E-state index is 12.3. The molecule has 2 rings (SSSR count). The van der Waals surface area contributed by atoms with E-state index in [2.05, 4.69) is 0 Å². The Hall–Kier alpha value is -2.73.